The quantitative estimate of drug-likeness (QED) is 0.310. The van der Waals surface area contributed by atoms with E-state index in [1.165, 1.54) is 13.2 Å². The molecule has 7 nitrogen and oxygen atoms in total. The minimum atomic E-state index is -4.55. The Morgan fingerprint density at radius 2 is 1.94 bits per heavy atom. The lowest BCUT2D eigenvalue weighted by Crippen LogP contribution is -2.41. The van der Waals surface area contributed by atoms with Crippen molar-refractivity contribution >= 4 is 11.9 Å². The molecule has 0 atom stereocenters. The number of alkyl halides is 3. The fourth-order valence-corrected chi connectivity index (χ4v) is 3.56. The Kier molecular flexibility index (Phi) is 9.30. The molecule has 2 rings (SSSR count). The molecule has 2 aromatic carbocycles. The maximum atomic E-state index is 13.5. The van der Waals surface area contributed by atoms with Gasteiger partial charge in [-0.1, -0.05) is 19.1 Å². The third kappa shape index (κ3) is 6.88. The first kappa shape index (κ1) is 26.5. The first-order valence-corrected chi connectivity index (χ1v) is 10.7. The van der Waals surface area contributed by atoms with Gasteiger partial charge >= 0.3 is 12.1 Å². The van der Waals surface area contributed by atoms with Crippen LogP contribution in [0.3, 0.4) is 0 Å². The van der Waals surface area contributed by atoms with E-state index in [9.17, 15) is 18.0 Å². The smallest absolute Gasteiger partial charge is 0.416 e. The second-order valence-electron chi connectivity index (χ2n) is 7.44. The molecule has 0 bridgehead atoms. The minimum absolute atomic E-state index is 0.0493. The Labute approximate surface area is 196 Å². The van der Waals surface area contributed by atoms with E-state index in [-0.39, 0.29) is 18.9 Å². The van der Waals surface area contributed by atoms with Gasteiger partial charge in [-0.2, -0.15) is 18.4 Å². The Morgan fingerprint density at radius 3 is 2.50 bits per heavy atom. The van der Waals surface area contributed by atoms with Crippen molar-refractivity contribution in [3.8, 4) is 23.1 Å². The number of halogens is 3. The number of nitrogens with zero attached hydrogens (tertiary/aromatic N) is 3. The summed E-state index contributed by atoms with van der Waals surface area (Å²) in [6.45, 7) is 4.98. The summed E-state index contributed by atoms with van der Waals surface area (Å²) < 4.78 is 45.8. The van der Waals surface area contributed by atoms with Gasteiger partial charge in [-0.05, 0) is 54.3 Å². The highest BCUT2D eigenvalue weighted by Crippen LogP contribution is 2.37. The van der Waals surface area contributed by atoms with Crippen molar-refractivity contribution in [3.05, 3.63) is 53.1 Å². The molecule has 0 fully saturated rings. The normalized spacial score (nSPS) is 11.6. The van der Waals surface area contributed by atoms with Crippen LogP contribution < -0.4 is 10.1 Å². The molecule has 0 amide bonds. The first-order chi connectivity index (χ1) is 16.1. The average molecular weight is 476 g/mol. The number of hydrogen-bond donors (Lipinski definition) is 2. The Bertz CT molecular complexity index is 1080. The standard InChI is InChI=1S/C24H27F3N4O3/c1-4-10-31(5-2)23(30-15-28)29-14-17-13-18(24(25,26)27)7-8-19(17)20-11-16(12-22(32)33)6-9-21(20)34-3/h6-9,11,13H,4-5,10,12,14H2,1-3H3,(H,29,30)(H,32,33). The van der Waals surface area contributed by atoms with Crippen molar-refractivity contribution < 1.29 is 27.8 Å². The van der Waals surface area contributed by atoms with E-state index in [0.717, 1.165) is 18.6 Å². The third-order valence-electron chi connectivity index (χ3n) is 5.11. The maximum absolute atomic E-state index is 13.5. The molecule has 0 aromatic heterocycles. The molecule has 0 heterocycles. The number of guanidine groups is 1. The van der Waals surface area contributed by atoms with Crippen LogP contribution in [0.2, 0.25) is 0 Å². The predicted octanol–water partition coefficient (Wildman–Crippen LogP) is 4.67. The van der Waals surface area contributed by atoms with Gasteiger partial charge in [-0.3, -0.25) is 4.79 Å². The number of rotatable bonds is 9. The molecule has 34 heavy (non-hydrogen) atoms. The van der Waals surface area contributed by atoms with Gasteiger partial charge in [0, 0.05) is 25.2 Å². The molecule has 0 unspecified atom stereocenters. The lowest BCUT2D eigenvalue weighted by atomic mass is 9.94. The van der Waals surface area contributed by atoms with E-state index in [0.29, 0.717) is 41.1 Å². The Balaban J connectivity index is 2.58. The molecule has 10 heteroatoms. The largest absolute Gasteiger partial charge is 0.496 e. The fraction of sp³-hybridized carbons (Fsp3) is 0.375. The van der Waals surface area contributed by atoms with Crippen molar-refractivity contribution in [1.29, 1.82) is 5.26 Å². The zero-order valence-corrected chi connectivity index (χ0v) is 19.2. The number of nitrogens with one attached hydrogen (secondary N) is 1. The fourth-order valence-electron chi connectivity index (χ4n) is 3.56. The predicted molar refractivity (Wildman–Crippen MR) is 122 cm³/mol. The van der Waals surface area contributed by atoms with E-state index < -0.39 is 17.7 Å². The van der Waals surface area contributed by atoms with E-state index in [1.807, 2.05) is 18.7 Å². The van der Waals surface area contributed by atoms with Gasteiger partial charge in [-0.15, -0.1) is 4.99 Å². The van der Waals surface area contributed by atoms with Crippen LogP contribution in [0.15, 0.2) is 41.4 Å². The van der Waals surface area contributed by atoms with Crippen LogP contribution in [0, 0.1) is 11.5 Å². The van der Waals surface area contributed by atoms with Crippen LogP contribution in [-0.4, -0.2) is 42.1 Å². The molecule has 0 aliphatic heterocycles. The summed E-state index contributed by atoms with van der Waals surface area (Å²) in [5, 5.41) is 21.2. The number of benzene rings is 2. The number of aliphatic imine (C=N–C) groups is 1. The van der Waals surface area contributed by atoms with Gasteiger partial charge in [0.2, 0.25) is 12.2 Å². The highest BCUT2D eigenvalue weighted by atomic mass is 19.4. The summed E-state index contributed by atoms with van der Waals surface area (Å²) in [6.07, 6.45) is -2.27. The van der Waals surface area contributed by atoms with Crippen LogP contribution in [0.1, 0.15) is 37.0 Å². The zero-order valence-electron chi connectivity index (χ0n) is 19.2. The SMILES string of the molecule is CCCN(CC)C(=NC#N)NCc1cc(C(F)(F)F)ccc1-c1cc(CC(=O)O)ccc1OC. The summed E-state index contributed by atoms with van der Waals surface area (Å²) in [5.74, 6) is -0.373. The number of methoxy groups -OCH3 is 1. The summed E-state index contributed by atoms with van der Waals surface area (Å²) in [5.41, 5.74) is 0.854. The molecular formula is C24H27F3N4O3. The number of hydrogen-bond acceptors (Lipinski definition) is 4. The first-order valence-electron chi connectivity index (χ1n) is 10.7. The van der Waals surface area contributed by atoms with Crippen LogP contribution >= 0.6 is 0 Å². The van der Waals surface area contributed by atoms with Crippen LogP contribution in [0.5, 0.6) is 5.75 Å². The molecule has 0 saturated carbocycles. The number of carboxylic acid groups (broad SMARTS) is 1. The van der Waals surface area contributed by atoms with Gasteiger partial charge in [0.15, 0.2) is 0 Å². The second kappa shape index (κ2) is 11.9. The molecule has 2 N–H and O–H groups in total. The van der Waals surface area contributed by atoms with Crippen LogP contribution in [-0.2, 0) is 23.9 Å². The highest BCUT2D eigenvalue weighted by Gasteiger charge is 2.31. The summed E-state index contributed by atoms with van der Waals surface area (Å²) in [4.78, 5) is 16.8. The average Bonchev–Trinajstić information content (AvgIpc) is 2.79. The number of aliphatic carboxylic acids is 1. The molecule has 0 radical (unpaired) electrons. The van der Waals surface area contributed by atoms with Gasteiger partial charge in [-0.25, -0.2) is 0 Å². The lowest BCUT2D eigenvalue weighted by molar-refractivity contribution is -0.138. The van der Waals surface area contributed by atoms with E-state index in [4.69, 9.17) is 15.1 Å². The molecular weight excluding hydrogens is 449 g/mol. The molecule has 0 saturated heterocycles. The third-order valence-corrected chi connectivity index (χ3v) is 5.11. The monoisotopic (exact) mass is 476 g/mol. The van der Waals surface area contributed by atoms with Crippen molar-refractivity contribution in [2.24, 2.45) is 4.99 Å². The van der Waals surface area contributed by atoms with Crippen LogP contribution in [0.25, 0.3) is 11.1 Å². The maximum Gasteiger partial charge on any atom is 0.416 e. The second-order valence-corrected chi connectivity index (χ2v) is 7.44. The van der Waals surface area contributed by atoms with Crippen molar-refractivity contribution in [1.82, 2.24) is 10.2 Å². The molecule has 182 valence electrons. The van der Waals surface area contributed by atoms with E-state index >= 15 is 0 Å². The van der Waals surface area contributed by atoms with Crippen molar-refractivity contribution in [3.63, 3.8) is 0 Å². The van der Waals surface area contributed by atoms with Gasteiger partial charge < -0.3 is 20.1 Å². The molecule has 2 aromatic rings. The van der Waals surface area contributed by atoms with Gasteiger partial charge in [0.05, 0.1) is 19.1 Å². The number of nitriles is 1. The number of carboxylic acids is 1. The zero-order chi connectivity index (χ0) is 25.3. The van der Waals surface area contributed by atoms with E-state index in [1.54, 1.807) is 24.4 Å². The lowest BCUT2D eigenvalue weighted by Gasteiger charge is -2.25. The number of ether oxygens (including phenoxy) is 1. The molecule has 0 aliphatic carbocycles. The van der Waals surface area contributed by atoms with E-state index in [2.05, 4.69) is 10.3 Å². The number of carbonyl (C=O) groups is 1. The van der Waals surface area contributed by atoms with Gasteiger partial charge in [0.25, 0.3) is 0 Å². The summed E-state index contributed by atoms with van der Waals surface area (Å²) in [7, 11) is 1.43. The minimum Gasteiger partial charge on any atom is -0.496 e. The van der Waals surface area contributed by atoms with Crippen molar-refractivity contribution in [2.75, 3.05) is 20.2 Å². The van der Waals surface area contributed by atoms with Crippen LogP contribution in [0.4, 0.5) is 13.2 Å². The Hall–Kier alpha value is -3.74. The van der Waals surface area contributed by atoms with Crippen molar-refractivity contribution in [2.45, 2.75) is 39.4 Å². The molecule has 0 aliphatic rings. The summed E-state index contributed by atoms with van der Waals surface area (Å²) >= 11 is 0. The summed E-state index contributed by atoms with van der Waals surface area (Å²) in [6, 6.07) is 8.13. The molecule has 0 spiro atoms. The highest BCUT2D eigenvalue weighted by molar-refractivity contribution is 5.82. The Morgan fingerprint density at radius 1 is 1.21 bits per heavy atom. The van der Waals surface area contributed by atoms with Gasteiger partial charge in [0.1, 0.15) is 5.75 Å². The topological polar surface area (TPSA) is 98.0 Å².